The molecule has 3 aromatic carbocycles. The smallest absolute Gasteiger partial charge is 0.163 e. The summed E-state index contributed by atoms with van der Waals surface area (Å²) < 4.78 is 2.18. The first-order valence-corrected chi connectivity index (χ1v) is 8.99. The molecule has 0 unspecified atom stereocenters. The predicted molar refractivity (Wildman–Crippen MR) is 109 cm³/mol. The zero-order valence-electron chi connectivity index (χ0n) is 15.0. The summed E-state index contributed by atoms with van der Waals surface area (Å²) in [6.07, 6.45) is 3.36. The van der Waals surface area contributed by atoms with E-state index in [-0.39, 0.29) is 0 Å². The summed E-state index contributed by atoms with van der Waals surface area (Å²) in [5.41, 5.74) is 5.23. The van der Waals surface area contributed by atoms with Crippen molar-refractivity contribution >= 4 is 21.9 Å². The Morgan fingerprint density at radius 3 is 2.59 bits per heavy atom. The summed E-state index contributed by atoms with van der Waals surface area (Å²) in [7, 11) is 0. The van der Waals surface area contributed by atoms with Gasteiger partial charge in [-0.25, -0.2) is 15.0 Å². The van der Waals surface area contributed by atoms with Crippen LogP contribution in [0.1, 0.15) is 11.1 Å². The van der Waals surface area contributed by atoms with Crippen LogP contribution in [0.15, 0.2) is 79.3 Å². The number of nitrogens with zero attached hydrogens (tertiary/aromatic N) is 4. The molecule has 5 aromatic rings. The number of fused-ring (bicyclic) bond motifs is 2. The fourth-order valence-electron chi connectivity index (χ4n) is 3.55. The van der Waals surface area contributed by atoms with Gasteiger partial charge in [0.2, 0.25) is 0 Å². The summed E-state index contributed by atoms with van der Waals surface area (Å²) in [6, 6.07) is 23.4. The van der Waals surface area contributed by atoms with Gasteiger partial charge in [-0.2, -0.15) is 0 Å². The van der Waals surface area contributed by atoms with E-state index in [2.05, 4.69) is 88.2 Å². The maximum atomic E-state index is 4.83. The van der Waals surface area contributed by atoms with Crippen molar-refractivity contribution in [3.8, 4) is 11.4 Å². The van der Waals surface area contributed by atoms with Crippen LogP contribution in [0.2, 0.25) is 0 Å². The van der Waals surface area contributed by atoms with Crippen LogP contribution >= 0.6 is 0 Å². The Bertz CT molecular complexity index is 1250. The van der Waals surface area contributed by atoms with Crippen LogP contribution in [-0.2, 0) is 6.54 Å². The molecule has 0 aliphatic heterocycles. The molecule has 0 spiro atoms. The van der Waals surface area contributed by atoms with E-state index < -0.39 is 0 Å². The molecule has 0 bridgehead atoms. The quantitative estimate of drug-likeness (QED) is 0.460. The van der Waals surface area contributed by atoms with E-state index in [9.17, 15) is 0 Å². The van der Waals surface area contributed by atoms with Crippen molar-refractivity contribution in [2.45, 2.75) is 13.5 Å². The van der Waals surface area contributed by atoms with E-state index in [0.29, 0.717) is 6.54 Å². The Labute approximate surface area is 157 Å². The van der Waals surface area contributed by atoms with Crippen LogP contribution < -0.4 is 0 Å². The van der Waals surface area contributed by atoms with Gasteiger partial charge in [0.15, 0.2) is 5.65 Å². The molecule has 5 rings (SSSR count). The fourth-order valence-corrected chi connectivity index (χ4v) is 3.55. The molecule has 4 heteroatoms. The number of aryl methyl sites for hydroxylation is 1. The summed E-state index contributed by atoms with van der Waals surface area (Å²) in [5, 5.41) is 2.50. The van der Waals surface area contributed by atoms with Gasteiger partial charge in [0.25, 0.3) is 0 Å². The van der Waals surface area contributed by atoms with Crippen molar-refractivity contribution < 1.29 is 0 Å². The second kappa shape index (κ2) is 6.32. The van der Waals surface area contributed by atoms with E-state index in [1.165, 1.54) is 21.9 Å². The zero-order chi connectivity index (χ0) is 18.2. The van der Waals surface area contributed by atoms with Crippen LogP contribution in [0.5, 0.6) is 0 Å². The van der Waals surface area contributed by atoms with Crippen LogP contribution in [0, 0.1) is 6.92 Å². The maximum absolute atomic E-state index is 4.83. The highest BCUT2D eigenvalue weighted by Gasteiger charge is 2.15. The molecular formula is C23H18N4. The van der Waals surface area contributed by atoms with Gasteiger partial charge >= 0.3 is 0 Å². The molecule has 27 heavy (non-hydrogen) atoms. The van der Waals surface area contributed by atoms with E-state index >= 15 is 0 Å². The molecule has 0 aliphatic carbocycles. The highest BCUT2D eigenvalue weighted by Crippen LogP contribution is 2.27. The average Bonchev–Trinajstić information content (AvgIpc) is 3.07. The second-order valence-corrected chi connectivity index (χ2v) is 6.76. The van der Waals surface area contributed by atoms with Gasteiger partial charge in [0.1, 0.15) is 17.7 Å². The minimum absolute atomic E-state index is 0.706. The first-order valence-electron chi connectivity index (χ1n) is 8.99. The fraction of sp³-hybridized carbons (Fsp3) is 0.0870. The van der Waals surface area contributed by atoms with Gasteiger partial charge in [-0.3, -0.25) is 0 Å². The lowest BCUT2D eigenvalue weighted by Crippen LogP contribution is -2.04. The third kappa shape index (κ3) is 2.75. The Hall–Kier alpha value is -3.53. The lowest BCUT2D eigenvalue weighted by Gasteiger charge is -2.11. The van der Waals surface area contributed by atoms with Gasteiger partial charge in [-0.15, -0.1) is 0 Å². The Morgan fingerprint density at radius 2 is 1.70 bits per heavy atom. The number of rotatable bonds is 3. The van der Waals surface area contributed by atoms with Crippen molar-refractivity contribution in [3.63, 3.8) is 0 Å². The molecule has 0 aliphatic rings. The number of aromatic nitrogens is 4. The van der Waals surface area contributed by atoms with Gasteiger partial charge < -0.3 is 4.57 Å². The SMILES string of the molecule is Cc1ccc(-c2nc3cncnc3n2Cc2cccc3ccccc23)cc1. The highest BCUT2D eigenvalue weighted by molar-refractivity contribution is 5.86. The van der Waals surface area contributed by atoms with Crippen LogP contribution in [0.3, 0.4) is 0 Å². The number of hydrogen-bond acceptors (Lipinski definition) is 3. The highest BCUT2D eigenvalue weighted by atomic mass is 15.1. The first kappa shape index (κ1) is 15.7. The molecule has 0 N–H and O–H groups in total. The molecule has 130 valence electrons. The van der Waals surface area contributed by atoms with Gasteiger partial charge in [0.05, 0.1) is 12.7 Å². The van der Waals surface area contributed by atoms with Crippen molar-refractivity contribution in [2.75, 3.05) is 0 Å². The van der Waals surface area contributed by atoms with Gasteiger partial charge in [-0.05, 0) is 23.3 Å². The Kier molecular flexibility index (Phi) is 3.68. The first-order chi connectivity index (χ1) is 13.3. The molecule has 2 aromatic heterocycles. The van der Waals surface area contributed by atoms with E-state index in [1.54, 1.807) is 12.5 Å². The van der Waals surface area contributed by atoms with Crippen molar-refractivity contribution in [1.82, 2.24) is 19.5 Å². The van der Waals surface area contributed by atoms with E-state index in [4.69, 9.17) is 4.98 Å². The molecule has 0 saturated heterocycles. The standard InChI is InChI=1S/C23H18N4/c1-16-9-11-18(12-10-16)22-26-21-13-24-15-25-23(21)27(22)14-19-7-4-6-17-5-2-3-8-20(17)19/h2-13,15H,14H2,1H3. The number of hydrogen-bond donors (Lipinski definition) is 0. The predicted octanol–water partition coefficient (Wildman–Crippen LogP) is 5.00. The molecule has 0 radical (unpaired) electrons. The molecular weight excluding hydrogens is 332 g/mol. The molecule has 2 heterocycles. The van der Waals surface area contributed by atoms with Crippen molar-refractivity contribution in [3.05, 3.63) is 90.4 Å². The van der Waals surface area contributed by atoms with Crippen LogP contribution in [-0.4, -0.2) is 19.5 Å². The summed E-state index contributed by atoms with van der Waals surface area (Å²) >= 11 is 0. The van der Waals surface area contributed by atoms with Gasteiger partial charge in [-0.1, -0.05) is 72.3 Å². The average molecular weight is 350 g/mol. The zero-order valence-corrected chi connectivity index (χ0v) is 15.0. The molecule has 4 nitrogen and oxygen atoms in total. The number of benzene rings is 3. The summed E-state index contributed by atoms with van der Waals surface area (Å²) in [5.74, 6) is 0.915. The Balaban J connectivity index is 1.72. The minimum atomic E-state index is 0.706. The van der Waals surface area contributed by atoms with Crippen LogP contribution in [0.25, 0.3) is 33.3 Å². The maximum Gasteiger partial charge on any atom is 0.163 e. The normalized spacial score (nSPS) is 11.3. The van der Waals surface area contributed by atoms with Crippen molar-refractivity contribution in [1.29, 1.82) is 0 Å². The summed E-state index contributed by atoms with van der Waals surface area (Å²) in [6.45, 7) is 2.80. The lowest BCUT2D eigenvalue weighted by atomic mass is 10.0. The Morgan fingerprint density at radius 1 is 0.889 bits per heavy atom. The monoisotopic (exact) mass is 350 g/mol. The van der Waals surface area contributed by atoms with Gasteiger partial charge in [0, 0.05) is 5.56 Å². The van der Waals surface area contributed by atoms with E-state index in [0.717, 1.165) is 22.6 Å². The third-order valence-electron chi connectivity index (χ3n) is 4.93. The topological polar surface area (TPSA) is 43.6 Å². The minimum Gasteiger partial charge on any atom is -0.304 e. The number of imidazole rings is 1. The second-order valence-electron chi connectivity index (χ2n) is 6.76. The molecule has 0 atom stereocenters. The lowest BCUT2D eigenvalue weighted by molar-refractivity contribution is 0.828. The molecule has 0 amide bonds. The largest absolute Gasteiger partial charge is 0.304 e. The van der Waals surface area contributed by atoms with E-state index in [1.807, 2.05) is 0 Å². The van der Waals surface area contributed by atoms with Crippen molar-refractivity contribution in [2.24, 2.45) is 0 Å². The molecule has 0 saturated carbocycles. The third-order valence-corrected chi connectivity index (χ3v) is 4.93. The molecule has 0 fully saturated rings. The summed E-state index contributed by atoms with van der Waals surface area (Å²) in [4.78, 5) is 13.5. The van der Waals surface area contributed by atoms with Crippen LogP contribution in [0.4, 0.5) is 0 Å².